The highest BCUT2D eigenvalue weighted by Crippen LogP contribution is 2.17. The SMILES string of the molecule is CC(=O)Nc1ccc(OCCOC(=O)c2ccccc2O)cc1. The molecule has 1 amide bonds. The van der Waals surface area contributed by atoms with Gasteiger partial charge in [0.05, 0.1) is 0 Å². The molecule has 120 valence electrons. The molecule has 2 aromatic carbocycles. The van der Waals surface area contributed by atoms with Crippen LogP contribution in [0.3, 0.4) is 0 Å². The first-order chi connectivity index (χ1) is 11.1. The topological polar surface area (TPSA) is 84.9 Å². The number of phenols is 1. The molecule has 2 rings (SSSR count). The largest absolute Gasteiger partial charge is 0.507 e. The quantitative estimate of drug-likeness (QED) is 0.632. The fourth-order valence-corrected chi connectivity index (χ4v) is 1.86. The van der Waals surface area contributed by atoms with Crippen molar-refractivity contribution in [3.05, 3.63) is 54.1 Å². The zero-order valence-electron chi connectivity index (χ0n) is 12.6. The normalized spacial score (nSPS) is 9.96. The molecule has 6 heteroatoms. The Kier molecular flexibility index (Phi) is 5.57. The molecule has 0 bridgehead atoms. The second kappa shape index (κ2) is 7.84. The van der Waals surface area contributed by atoms with Gasteiger partial charge >= 0.3 is 5.97 Å². The summed E-state index contributed by atoms with van der Waals surface area (Å²) in [6.07, 6.45) is 0. The minimum atomic E-state index is -0.604. The Labute approximate surface area is 133 Å². The molecule has 23 heavy (non-hydrogen) atoms. The minimum Gasteiger partial charge on any atom is -0.507 e. The molecule has 0 saturated carbocycles. The van der Waals surface area contributed by atoms with Crippen LogP contribution in [-0.2, 0) is 9.53 Å². The summed E-state index contributed by atoms with van der Waals surface area (Å²) < 4.78 is 10.5. The molecule has 0 aliphatic carbocycles. The smallest absolute Gasteiger partial charge is 0.342 e. The molecule has 0 heterocycles. The zero-order chi connectivity index (χ0) is 16.7. The second-order valence-corrected chi connectivity index (χ2v) is 4.71. The number of carbonyl (C=O) groups is 2. The molecule has 0 aliphatic rings. The minimum absolute atomic E-state index is 0.0562. The first-order valence-electron chi connectivity index (χ1n) is 7.02. The number of rotatable bonds is 6. The average Bonchev–Trinajstić information content (AvgIpc) is 2.53. The standard InChI is InChI=1S/C17H17NO5/c1-12(19)18-13-6-8-14(9-7-13)22-10-11-23-17(21)15-4-2-3-5-16(15)20/h2-9,20H,10-11H2,1H3,(H,18,19). The molecule has 6 nitrogen and oxygen atoms in total. The predicted molar refractivity (Wildman–Crippen MR) is 84.6 cm³/mol. The summed E-state index contributed by atoms with van der Waals surface area (Å²) >= 11 is 0. The van der Waals surface area contributed by atoms with Crippen LogP contribution in [0.5, 0.6) is 11.5 Å². The summed E-state index contributed by atoms with van der Waals surface area (Å²) in [5, 5.41) is 12.2. The number of carbonyl (C=O) groups excluding carboxylic acids is 2. The van der Waals surface area contributed by atoms with Crippen LogP contribution >= 0.6 is 0 Å². The van der Waals surface area contributed by atoms with Crippen LogP contribution in [-0.4, -0.2) is 30.2 Å². The predicted octanol–water partition coefficient (Wildman–Crippen LogP) is 2.59. The number of phenolic OH excluding ortho intramolecular Hbond substituents is 1. The maximum absolute atomic E-state index is 11.7. The third-order valence-electron chi connectivity index (χ3n) is 2.88. The van der Waals surface area contributed by atoms with Crippen LogP contribution < -0.4 is 10.1 Å². The van der Waals surface area contributed by atoms with Crippen molar-refractivity contribution in [1.29, 1.82) is 0 Å². The van der Waals surface area contributed by atoms with Gasteiger partial charge in [0.2, 0.25) is 5.91 Å². The third-order valence-corrected chi connectivity index (χ3v) is 2.88. The monoisotopic (exact) mass is 315 g/mol. The summed E-state index contributed by atoms with van der Waals surface area (Å²) in [6, 6.07) is 13.0. The number of ether oxygens (including phenoxy) is 2. The van der Waals surface area contributed by atoms with Gasteiger partial charge < -0.3 is 19.9 Å². The summed E-state index contributed by atoms with van der Waals surface area (Å²) in [5.74, 6) is -0.271. The van der Waals surface area contributed by atoms with Crippen molar-refractivity contribution >= 4 is 17.6 Å². The maximum Gasteiger partial charge on any atom is 0.342 e. The lowest BCUT2D eigenvalue weighted by Gasteiger charge is -2.09. The zero-order valence-corrected chi connectivity index (χ0v) is 12.6. The summed E-state index contributed by atoms with van der Waals surface area (Å²) in [4.78, 5) is 22.7. The van der Waals surface area contributed by atoms with Crippen molar-refractivity contribution in [3.63, 3.8) is 0 Å². The van der Waals surface area contributed by atoms with E-state index in [1.165, 1.54) is 19.1 Å². The summed E-state index contributed by atoms with van der Waals surface area (Å²) in [6.45, 7) is 1.67. The fraction of sp³-hybridized carbons (Fsp3) is 0.176. The number of amides is 1. The fourth-order valence-electron chi connectivity index (χ4n) is 1.86. The number of nitrogens with one attached hydrogen (secondary N) is 1. The van der Waals surface area contributed by atoms with Crippen molar-refractivity contribution in [2.45, 2.75) is 6.92 Å². The molecule has 0 atom stereocenters. The van der Waals surface area contributed by atoms with Crippen LogP contribution in [0, 0.1) is 0 Å². The van der Waals surface area contributed by atoms with E-state index < -0.39 is 5.97 Å². The number of hydrogen-bond donors (Lipinski definition) is 2. The van der Waals surface area contributed by atoms with E-state index in [0.717, 1.165) is 0 Å². The van der Waals surface area contributed by atoms with Gasteiger partial charge in [0.1, 0.15) is 30.3 Å². The van der Waals surface area contributed by atoms with Crippen LogP contribution in [0.4, 0.5) is 5.69 Å². The van der Waals surface area contributed by atoms with Gasteiger partial charge in [-0.1, -0.05) is 12.1 Å². The first-order valence-corrected chi connectivity index (χ1v) is 7.02. The number of anilines is 1. The van der Waals surface area contributed by atoms with E-state index in [1.807, 2.05) is 0 Å². The van der Waals surface area contributed by atoms with E-state index >= 15 is 0 Å². The maximum atomic E-state index is 11.7. The summed E-state index contributed by atoms with van der Waals surface area (Å²) in [7, 11) is 0. The molecular formula is C17H17NO5. The Balaban J connectivity index is 1.76. The molecule has 0 unspecified atom stereocenters. The van der Waals surface area contributed by atoms with Gasteiger partial charge in [0.15, 0.2) is 0 Å². The number of para-hydroxylation sites is 1. The highest BCUT2D eigenvalue weighted by Gasteiger charge is 2.11. The average molecular weight is 315 g/mol. The summed E-state index contributed by atoms with van der Waals surface area (Å²) in [5.41, 5.74) is 0.794. The second-order valence-electron chi connectivity index (χ2n) is 4.71. The lowest BCUT2D eigenvalue weighted by Crippen LogP contribution is -2.12. The Morgan fingerprint density at radius 3 is 2.39 bits per heavy atom. The molecule has 0 saturated heterocycles. The van der Waals surface area contributed by atoms with Gasteiger partial charge in [-0.15, -0.1) is 0 Å². The molecule has 0 fully saturated rings. The van der Waals surface area contributed by atoms with E-state index in [4.69, 9.17) is 9.47 Å². The lowest BCUT2D eigenvalue weighted by molar-refractivity contribution is -0.114. The van der Waals surface area contributed by atoms with Gasteiger partial charge in [-0.25, -0.2) is 4.79 Å². The lowest BCUT2D eigenvalue weighted by atomic mass is 10.2. The van der Waals surface area contributed by atoms with E-state index in [0.29, 0.717) is 11.4 Å². The van der Waals surface area contributed by atoms with Crippen LogP contribution in [0.15, 0.2) is 48.5 Å². The van der Waals surface area contributed by atoms with Gasteiger partial charge in [-0.05, 0) is 36.4 Å². The van der Waals surface area contributed by atoms with Gasteiger partial charge in [-0.2, -0.15) is 0 Å². The van der Waals surface area contributed by atoms with Gasteiger partial charge in [0, 0.05) is 12.6 Å². The third kappa shape index (κ3) is 5.03. The number of esters is 1. The van der Waals surface area contributed by atoms with Gasteiger partial charge in [-0.3, -0.25) is 4.79 Å². The molecule has 0 radical (unpaired) electrons. The van der Waals surface area contributed by atoms with Crippen LogP contribution in [0.2, 0.25) is 0 Å². The van der Waals surface area contributed by atoms with E-state index in [2.05, 4.69) is 5.32 Å². The number of benzene rings is 2. The Hall–Kier alpha value is -3.02. The first kappa shape index (κ1) is 16.4. The van der Waals surface area contributed by atoms with Crippen LogP contribution in [0.25, 0.3) is 0 Å². The Morgan fingerprint density at radius 2 is 1.74 bits per heavy atom. The number of hydrogen-bond acceptors (Lipinski definition) is 5. The van der Waals surface area contributed by atoms with Crippen molar-refractivity contribution in [1.82, 2.24) is 0 Å². The Bertz CT molecular complexity index is 682. The highest BCUT2D eigenvalue weighted by molar-refractivity contribution is 5.92. The molecule has 2 N–H and O–H groups in total. The number of aromatic hydroxyl groups is 1. The van der Waals surface area contributed by atoms with Crippen molar-refractivity contribution in [2.24, 2.45) is 0 Å². The molecule has 0 aliphatic heterocycles. The Morgan fingerprint density at radius 1 is 1.04 bits per heavy atom. The van der Waals surface area contributed by atoms with Gasteiger partial charge in [0.25, 0.3) is 0 Å². The highest BCUT2D eigenvalue weighted by atomic mass is 16.6. The molecular weight excluding hydrogens is 298 g/mol. The van der Waals surface area contributed by atoms with Crippen molar-refractivity contribution < 1.29 is 24.2 Å². The molecule has 0 spiro atoms. The van der Waals surface area contributed by atoms with E-state index in [9.17, 15) is 14.7 Å². The molecule has 0 aromatic heterocycles. The van der Waals surface area contributed by atoms with Crippen molar-refractivity contribution in [3.8, 4) is 11.5 Å². The van der Waals surface area contributed by atoms with Crippen LogP contribution in [0.1, 0.15) is 17.3 Å². The van der Waals surface area contributed by atoms with E-state index in [-0.39, 0.29) is 30.4 Å². The molecule has 2 aromatic rings. The van der Waals surface area contributed by atoms with Crippen molar-refractivity contribution in [2.75, 3.05) is 18.5 Å². The van der Waals surface area contributed by atoms with E-state index in [1.54, 1.807) is 36.4 Å².